The predicted molar refractivity (Wildman–Crippen MR) is 43.0 cm³/mol. The minimum Gasteiger partial charge on any atom is -0.618 e. The van der Waals surface area contributed by atoms with Gasteiger partial charge in [-0.2, -0.15) is 4.73 Å². The summed E-state index contributed by atoms with van der Waals surface area (Å²) in [5, 5.41) is 10.9. The molecule has 0 amide bonds. The molecule has 1 aromatic heterocycles. The fourth-order valence-electron chi connectivity index (χ4n) is 0.419. The van der Waals surface area contributed by atoms with Crippen LogP contribution in [0.25, 0.3) is 0 Å². The Labute approximate surface area is 69.3 Å². The Bertz CT molecular complexity index is 173. The molecule has 0 aliphatic rings. The molecule has 0 aliphatic heterocycles. The molecule has 1 heterocycles. The summed E-state index contributed by atoms with van der Waals surface area (Å²) in [4.78, 5) is 0. The zero-order valence-electron chi connectivity index (χ0n) is 4.52. The van der Waals surface area contributed by atoms with E-state index in [0.717, 1.165) is 0 Å². The zero-order valence-corrected chi connectivity index (χ0v) is 7.13. The first-order valence-corrected chi connectivity index (χ1v) is 2.62. The lowest BCUT2D eigenvalue weighted by atomic mass is 10.5. The van der Waals surface area contributed by atoms with Crippen molar-refractivity contribution in [3.8, 4) is 0 Å². The Balaban J connectivity index is 0.000000640. The highest BCUT2D eigenvalue weighted by Crippen LogP contribution is 1.93. The van der Waals surface area contributed by atoms with E-state index in [4.69, 9.17) is 0 Å². The van der Waals surface area contributed by atoms with Crippen molar-refractivity contribution in [1.29, 1.82) is 0 Å². The third-order valence-corrected chi connectivity index (χ3v) is 1.15. The average molecular weight is 208 g/mol. The minimum atomic E-state index is 0. The van der Waals surface area contributed by atoms with E-state index in [0.29, 0.717) is 9.76 Å². The quantitative estimate of drug-likeness (QED) is 0.387. The summed E-state index contributed by atoms with van der Waals surface area (Å²) in [5.41, 5.74) is 0. The van der Waals surface area contributed by atoms with E-state index in [1.165, 1.54) is 6.20 Å². The van der Waals surface area contributed by atoms with Gasteiger partial charge in [-0.1, -0.05) is 12.6 Å². The van der Waals surface area contributed by atoms with Gasteiger partial charge >= 0.3 is 0 Å². The van der Waals surface area contributed by atoms with Crippen LogP contribution in [0.4, 0.5) is 0 Å². The molecular weight excluding hydrogens is 202 g/mol. The van der Waals surface area contributed by atoms with Gasteiger partial charge in [0.1, 0.15) is 0 Å². The molecular formula is C5H6BrNOS. The molecule has 50 valence electrons. The van der Waals surface area contributed by atoms with Crippen molar-refractivity contribution in [3.05, 3.63) is 29.6 Å². The van der Waals surface area contributed by atoms with Crippen LogP contribution < -0.4 is 4.73 Å². The molecule has 0 atom stereocenters. The number of thiol groups is 1. The minimum absolute atomic E-state index is 0. The number of rotatable bonds is 0. The summed E-state index contributed by atoms with van der Waals surface area (Å²) in [6.07, 6.45) is 1.41. The molecule has 1 rings (SSSR count). The highest BCUT2D eigenvalue weighted by atomic mass is 79.9. The van der Waals surface area contributed by atoms with Gasteiger partial charge in [-0.05, 0) is 6.07 Å². The highest BCUT2D eigenvalue weighted by molar-refractivity contribution is 8.93. The van der Waals surface area contributed by atoms with Gasteiger partial charge in [0.2, 0.25) is 5.03 Å². The van der Waals surface area contributed by atoms with Crippen molar-refractivity contribution < 1.29 is 4.73 Å². The van der Waals surface area contributed by atoms with Crippen LogP contribution in [0.2, 0.25) is 0 Å². The van der Waals surface area contributed by atoms with Gasteiger partial charge in [0.15, 0.2) is 6.20 Å². The first-order valence-electron chi connectivity index (χ1n) is 2.18. The van der Waals surface area contributed by atoms with Gasteiger partial charge in [0.05, 0.1) is 0 Å². The van der Waals surface area contributed by atoms with Crippen LogP contribution in [-0.4, -0.2) is 0 Å². The van der Waals surface area contributed by atoms with E-state index in [9.17, 15) is 5.21 Å². The van der Waals surface area contributed by atoms with E-state index >= 15 is 0 Å². The lowest BCUT2D eigenvalue weighted by Crippen LogP contribution is -2.26. The summed E-state index contributed by atoms with van der Waals surface area (Å²) in [5.74, 6) is 0. The van der Waals surface area contributed by atoms with Gasteiger partial charge in [-0.25, -0.2) is 0 Å². The standard InChI is InChI=1S/C5H5NOS.BrH/c7-6-4-2-1-3-5(6)8;/h1-4,8H;1H. The highest BCUT2D eigenvalue weighted by Gasteiger charge is 1.90. The van der Waals surface area contributed by atoms with Crippen LogP contribution >= 0.6 is 29.6 Å². The first-order chi connectivity index (χ1) is 3.80. The zero-order chi connectivity index (χ0) is 5.98. The van der Waals surface area contributed by atoms with E-state index in [-0.39, 0.29) is 17.0 Å². The van der Waals surface area contributed by atoms with Crippen molar-refractivity contribution >= 4 is 29.6 Å². The number of aromatic nitrogens is 1. The number of halogens is 1. The molecule has 0 spiro atoms. The van der Waals surface area contributed by atoms with Crippen LogP contribution in [0.5, 0.6) is 0 Å². The Morgan fingerprint density at radius 2 is 2.11 bits per heavy atom. The molecule has 0 unspecified atom stereocenters. The van der Waals surface area contributed by atoms with Crippen molar-refractivity contribution in [1.82, 2.24) is 0 Å². The van der Waals surface area contributed by atoms with Gasteiger partial charge in [-0.15, -0.1) is 17.0 Å². The third kappa shape index (κ3) is 2.24. The summed E-state index contributed by atoms with van der Waals surface area (Å²) in [6.45, 7) is 0. The number of hydrogen-bond donors (Lipinski definition) is 1. The fourth-order valence-corrected chi connectivity index (χ4v) is 0.572. The number of nitrogens with zero attached hydrogens (tertiary/aromatic N) is 1. The second-order valence-electron chi connectivity index (χ2n) is 1.38. The van der Waals surface area contributed by atoms with Crippen molar-refractivity contribution in [2.75, 3.05) is 0 Å². The molecule has 0 aromatic carbocycles. The third-order valence-electron chi connectivity index (χ3n) is 0.804. The molecule has 9 heavy (non-hydrogen) atoms. The SMILES string of the molecule is Br.[O-][n+]1ccccc1S. The molecule has 0 bridgehead atoms. The normalized spacial score (nSPS) is 8.11. The van der Waals surface area contributed by atoms with Gasteiger partial charge in [-0.3, -0.25) is 0 Å². The van der Waals surface area contributed by atoms with E-state index < -0.39 is 0 Å². The first kappa shape index (κ1) is 8.78. The lowest BCUT2D eigenvalue weighted by Gasteiger charge is -1.94. The molecule has 1 aromatic rings. The molecule has 0 N–H and O–H groups in total. The topological polar surface area (TPSA) is 26.9 Å². The summed E-state index contributed by atoms with van der Waals surface area (Å²) in [7, 11) is 0. The van der Waals surface area contributed by atoms with Crippen LogP contribution in [-0.2, 0) is 0 Å². The fraction of sp³-hybridized carbons (Fsp3) is 0. The lowest BCUT2D eigenvalue weighted by molar-refractivity contribution is -0.645. The predicted octanol–water partition coefficient (Wildman–Crippen LogP) is 1.19. The van der Waals surface area contributed by atoms with Crippen molar-refractivity contribution in [3.63, 3.8) is 0 Å². The number of hydrogen-bond acceptors (Lipinski definition) is 2. The Kier molecular flexibility index (Phi) is 3.65. The largest absolute Gasteiger partial charge is 0.618 e. The van der Waals surface area contributed by atoms with Crippen LogP contribution in [0.15, 0.2) is 29.4 Å². The van der Waals surface area contributed by atoms with E-state index in [2.05, 4.69) is 12.6 Å². The molecule has 4 heteroatoms. The van der Waals surface area contributed by atoms with Gasteiger partial charge < -0.3 is 5.21 Å². The Hall–Kier alpha value is -0.220. The summed E-state index contributed by atoms with van der Waals surface area (Å²) >= 11 is 3.85. The summed E-state index contributed by atoms with van der Waals surface area (Å²) in [6, 6.07) is 5.06. The maximum absolute atomic E-state index is 10.5. The smallest absolute Gasteiger partial charge is 0.248 e. The molecule has 0 aliphatic carbocycles. The molecule has 0 saturated carbocycles. The van der Waals surface area contributed by atoms with E-state index in [1.807, 2.05) is 0 Å². The van der Waals surface area contributed by atoms with Crippen molar-refractivity contribution in [2.45, 2.75) is 5.03 Å². The Morgan fingerprint density at radius 1 is 1.44 bits per heavy atom. The maximum Gasteiger partial charge on any atom is 0.248 e. The molecule has 2 nitrogen and oxygen atoms in total. The molecule has 0 saturated heterocycles. The van der Waals surface area contributed by atoms with Crippen LogP contribution in [0.3, 0.4) is 0 Å². The second-order valence-corrected chi connectivity index (χ2v) is 1.84. The van der Waals surface area contributed by atoms with E-state index in [1.54, 1.807) is 18.2 Å². The number of pyridine rings is 1. The molecule has 0 fully saturated rings. The van der Waals surface area contributed by atoms with Crippen molar-refractivity contribution in [2.24, 2.45) is 0 Å². The average Bonchev–Trinajstić information content (AvgIpc) is 1.77. The van der Waals surface area contributed by atoms with Gasteiger partial charge in [0, 0.05) is 12.1 Å². The summed E-state index contributed by atoms with van der Waals surface area (Å²) < 4.78 is 0.698. The van der Waals surface area contributed by atoms with Crippen LogP contribution in [0.1, 0.15) is 0 Å². The van der Waals surface area contributed by atoms with Crippen LogP contribution in [0, 0.1) is 5.21 Å². The maximum atomic E-state index is 10.5. The van der Waals surface area contributed by atoms with Gasteiger partial charge in [0.25, 0.3) is 0 Å². The Morgan fingerprint density at radius 3 is 2.44 bits per heavy atom. The molecule has 0 radical (unpaired) electrons. The monoisotopic (exact) mass is 207 g/mol. The second kappa shape index (κ2) is 3.74.